The third-order valence-electron chi connectivity index (χ3n) is 3.48. The van der Waals surface area contributed by atoms with E-state index in [1.807, 2.05) is 35.3 Å². The van der Waals surface area contributed by atoms with Crippen molar-refractivity contribution in [2.45, 2.75) is 0 Å². The Kier molecular flexibility index (Phi) is 4.80. The SMILES string of the molecule is Clc1ccc(/C=[CH]/[Ge]23[O]CCN(CC[O]2)CC[O]3)cc1. The molecule has 20 heavy (non-hydrogen) atoms. The van der Waals surface area contributed by atoms with E-state index in [0.29, 0.717) is 19.8 Å². The zero-order valence-corrected chi connectivity index (χ0v) is 14.1. The minimum atomic E-state index is -3.23. The van der Waals surface area contributed by atoms with E-state index in [1.54, 1.807) is 0 Å². The van der Waals surface area contributed by atoms with Crippen LogP contribution in [0.3, 0.4) is 0 Å². The van der Waals surface area contributed by atoms with Gasteiger partial charge in [-0.2, -0.15) is 0 Å². The first-order chi connectivity index (χ1) is 9.76. The predicted octanol–water partition coefficient (Wildman–Crippen LogP) is 2.21. The van der Waals surface area contributed by atoms with Gasteiger partial charge >= 0.3 is 127 Å². The molecule has 3 saturated heterocycles. The summed E-state index contributed by atoms with van der Waals surface area (Å²) in [4.78, 5) is 4.35. The van der Waals surface area contributed by atoms with Crippen molar-refractivity contribution in [2.75, 3.05) is 39.5 Å². The van der Waals surface area contributed by atoms with Gasteiger partial charge < -0.3 is 0 Å². The van der Waals surface area contributed by atoms with Crippen LogP contribution in [0.5, 0.6) is 0 Å². The summed E-state index contributed by atoms with van der Waals surface area (Å²) in [7, 11) is 0. The molecule has 1 aromatic rings. The van der Waals surface area contributed by atoms with Gasteiger partial charge in [0.15, 0.2) is 0 Å². The Balaban J connectivity index is 1.76. The molecule has 3 aliphatic rings. The second kappa shape index (κ2) is 6.60. The molecule has 4 nitrogen and oxygen atoms in total. The molecule has 6 heteroatoms. The average Bonchev–Trinajstić information content (AvgIpc) is 2.38. The van der Waals surface area contributed by atoms with Gasteiger partial charge in [0, 0.05) is 0 Å². The van der Waals surface area contributed by atoms with Gasteiger partial charge in [0.25, 0.3) is 0 Å². The van der Waals surface area contributed by atoms with Crippen molar-refractivity contribution in [1.29, 1.82) is 0 Å². The fourth-order valence-electron chi connectivity index (χ4n) is 2.33. The van der Waals surface area contributed by atoms with Crippen LogP contribution in [0.1, 0.15) is 5.56 Å². The summed E-state index contributed by atoms with van der Waals surface area (Å²) in [5, 5.41) is 0.739. The van der Waals surface area contributed by atoms with Gasteiger partial charge in [-0.05, 0) is 0 Å². The maximum absolute atomic E-state index is 5.98. The molecule has 0 N–H and O–H groups in total. The average molecular weight is 356 g/mol. The van der Waals surface area contributed by atoms with Crippen molar-refractivity contribution in [3.63, 3.8) is 0 Å². The Morgan fingerprint density at radius 1 is 0.950 bits per heavy atom. The molecule has 3 fully saturated rings. The van der Waals surface area contributed by atoms with Crippen molar-refractivity contribution in [3.05, 3.63) is 39.8 Å². The van der Waals surface area contributed by atoms with E-state index in [0.717, 1.165) is 30.2 Å². The third kappa shape index (κ3) is 3.64. The third-order valence-corrected chi connectivity index (χ3v) is 8.76. The fourth-order valence-corrected chi connectivity index (χ4v) is 6.78. The Bertz CT molecular complexity index is 453. The topological polar surface area (TPSA) is 30.9 Å². The van der Waals surface area contributed by atoms with Crippen molar-refractivity contribution >= 4 is 32.0 Å². The van der Waals surface area contributed by atoms with Crippen LogP contribution in [-0.4, -0.2) is 58.6 Å². The maximum atomic E-state index is 5.98. The van der Waals surface area contributed by atoms with Gasteiger partial charge in [-0.1, -0.05) is 0 Å². The van der Waals surface area contributed by atoms with Gasteiger partial charge in [-0.3, -0.25) is 0 Å². The van der Waals surface area contributed by atoms with E-state index < -0.39 is 14.3 Å². The first kappa shape index (κ1) is 14.6. The molecule has 0 aliphatic carbocycles. The molecule has 1 aromatic carbocycles. The van der Waals surface area contributed by atoms with E-state index in [9.17, 15) is 0 Å². The van der Waals surface area contributed by atoms with Crippen LogP contribution in [0.4, 0.5) is 0 Å². The van der Waals surface area contributed by atoms with Crippen LogP contribution in [-0.2, 0) is 11.3 Å². The van der Waals surface area contributed by atoms with E-state index in [4.69, 9.17) is 22.9 Å². The van der Waals surface area contributed by atoms with Crippen molar-refractivity contribution in [2.24, 2.45) is 0 Å². The van der Waals surface area contributed by atoms with Crippen LogP contribution < -0.4 is 0 Å². The van der Waals surface area contributed by atoms with Crippen LogP contribution in [0.2, 0.25) is 5.02 Å². The van der Waals surface area contributed by atoms with E-state index in [1.165, 1.54) is 0 Å². The molecule has 3 aliphatic heterocycles. The molecular weight excluding hydrogens is 338 g/mol. The molecule has 0 spiro atoms. The number of fused-ring (bicyclic) bond motifs is 6. The molecule has 0 aromatic heterocycles. The van der Waals surface area contributed by atoms with Crippen molar-refractivity contribution in [3.8, 4) is 0 Å². The molecule has 2 bridgehead atoms. The Hall–Kier alpha value is -0.367. The standard InChI is InChI=1S/C14H18ClGeNO3/c15-14-3-1-13(2-4-14)5-6-16-18-10-7-17(8-11-19-16)9-12-20-16/h1-6H,7-12H2/b6-5+. The number of halogens is 1. The monoisotopic (exact) mass is 357 g/mol. The number of rotatable bonds is 2. The van der Waals surface area contributed by atoms with Crippen LogP contribution in [0.15, 0.2) is 29.2 Å². The normalized spacial score (nSPS) is 30.9. The number of hydrogen-bond donors (Lipinski definition) is 0. The summed E-state index contributed by atoms with van der Waals surface area (Å²) in [6.45, 7) is 4.96. The number of hydrogen-bond acceptors (Lipinski definition) is 4. The summed E-state index contributed by atoms with van der Waals surface area (Å²) in [5.74, 6) is 0. The molecule has 3 heterocycles. The molecule has 0 saturated carbocycles. The van der Waals surface area contributed by atoms with Crippen LogP contribution >= 0.6 is 11.6 Å². The summed E-state index contributed by atoms with van der Waals surface area (Å²) < 4.78 is 17.9. The van der Waals surface area contributed by atoms with Crippen molar-refractivity contribution < 1.29 is 11.3 Å². The first-order valence-corrected chi connectivity index (χ1v) is 11.0. The quantitative estimate of drug-likeness (QED) is 0.761. The van der Waals surface area contributed by atoms with Crippen LogP contribution in [0, 0.1) is 0 Å². The Labute approximate surface area is 127 Å². The molecule has 0 amide bonds. The summed E-state index contributed by atoms with van der Waals surface area (Å²) in [5.41, 5.74) is 1.08. The predicted molar refractivity (Wildman–Crippen MR) is 80.5 cm³/mol. The molecule has 0 atom stereocenters. The molecule has 0 radical (unpaired) electrons. The molecular formula is C14H18ClGeNO3. The van der Waals surface area contributed by atoms with E-state index in [-0.39, 0.29) is 0 Å². The molecule has 108 valence electrons. The number of nitrogens with zero attached hydrogens (tertiary/aromatic N) is 1. The fraction of sp³-hybridized carbons (Fsp3) is 0.429. The Morgan fingerprint density at radius 2 is 1.50 bits per heavy atom. The van der Waals surface area contributed by atoms with E-state index >= 15 is 0 Å². The van der Waals surface area contributed by atoms with Gasteiger partial charge in [0.05, 0.1) is 0 Å². The summed E-state index contributed by atoms with van der Waals surface area (Å²) >= 11 is 2.66. The molecule has 0 unspecified atom stereocenters. The first-order valence-electron chi connectivity index (χ1n) is 6.85. The minimum absolute atomic E-state index is 0.685. The van der Waals surface area contributed by atoms with Gasteiger partial charge in [-0.25, -0.2) is 0 Å². The molecule has 4 rings (SSSR count). The summed E-state index contributed by atoms with van der Waals surface area (Å²) in [6, 6.07) is 7.71. The second-order valence-electron chi connectivity index (χ2n) is 4.88. The van der Waals surface area contributed by atoms with Gasteiger partial charge in [0.2, 0.25) is 0 Å². The van der Waals surface area contributed by atoms with Crippen molar-refractivity contribution in [1.82, 2.24) is 4.90 Å². The zero-order chi connectivity index (χ0) is 13.8. The summed E-state index contributed by atoms with van der Waals surface area (Å²) in [6.07, 6.45) is 2.03. The van der Waals surface area contributed by atoms with Gasteiger partial charge in [0.1, 0.15) is 0 Å². The Morgan fingerprint density at radius 3 is 2.05 bits per heavy atom. The van der Waals surface area contributed by atoms with E-state index in [2.05, 4.69) is 4.90 Å². The zero-order valence-electron chi connectivity index (χ0n) is 11.3. The second-order valence-corrected chi connectivity index (χ2v) is 10.4. The van der Waals surface area contributed by atoms with Crippen LogP contribution in [0.25, 0.3) is 6.08 Å². The number of benzene rings is 1. The van der Waals surface area contributed by atoms with Gasteiger partial charge in [-0.15, -0.1) is 0 Å².